The van der Waals surface area contributed by atoms with E-state index in [0.29, 0.717) is 17.0 Å². The van der Waals surface area contributed by atoms with E-state index in [0.717, 1.165) is 0 Å². The van der Waals surface area contributed by atoms with E-state index < -0.39 is 5.97 Å². The second-order valence-electron chi connectivity index (χ2n) is 4.46. The zero-order chi connectivity index (χ0) is 15.2. The van der Waals surface area contributed by atoms with Crippen molar-refractivity contribution >= 4 is 17.6 Å². The first-order chi connectivity index (χ1) is 10.1. The number of carboxylic acids is 1. The van der Waals surface area contributed by atoms with Crippen LogP contribution >= 0.6 is 0 Å². The molecule has 108 valence electrons. The molecule has 0 saturated heterocycles. The summed E-state index contributed by atoms with van der Waals surface area (Å²) in [5.41, 5.74) is 1.52. The van der Waals surface area contributed by atoms with Crippen molar-refractivity contribution in [1.82, 2.24) is 0 Å². The third kappa shape index (κ3) is 4.07. The number of carboxylic acid groups (broad SMARTS) is 1. The summed E-state index contributed by atoms with van der Waals surface area (Å²) in [6.45, 7) is 1.61. The van der Waals surface area contributed by atoms with E-state index in [1.807, 2.05) is 0 Å². The number of ether oxygens (including phenoxy) is 1. The summed E-state index contributed by atoms with van der Waals surface area (Å²) in [4.78, 5) is 22.0. The zero-order valence-corrected chi connectivity index (χ0v) is 11.5. The number of hydrogen-bond donors (Lipinski definition) is 2. The molecule has 0 saturated carbocycles. The van der Waals surface area contributed by atoms with E-state index in [-0.39, 0.29) is 18.1 Å². The molecular weight excluding hydrogens is 270 g/mol. The third-order valence-corrected chi connectivity index (χ3v) is 2.82. The number of benzene rings is 2. The molecule has 0 bridgehead atoms. The first kappa shape index (κ1) is 14.6. The Balaban J connectivity index is 2.03. The molecule has 0 aromatic heterocycles. The predicted molar refractivity (Wildman–Crippen MR) is 78.5 cm³/mol. The topological polar surface area (TPSA) is 75.6 Å². The number of nitrogens with one attached hydrogen (secondary N) is 1. The normalized spacial score (nSPS) is 9.95. The monoisotopic (exact) mass is 285 g/mol. The van der Waals surface area contributed by atoms with Crippen molar-refractivity contribution in [3.8, 4) is 5.75 Å². The van der Waals surface area contributed by atoms with Gasteiger partial charge in [-0.15, -0.1) is 0 Å². The van der Waals surface area contributed by atoms with Crippen LogP contribution in [-0.4, -0.2) is 17.0 Å². The van der Waals surface area contributed by atoms with Gasteiger partial charge >= 0.3 is 5.97 Å². The molecule has 2 rings (SSSR count). The van der Waals surface area contributed by atoms with E-state index in [1.165, 1.54) is 6.92 Å². The van der Waals surface area contributed by atoms with Crippen molar-refractivity contribution in [3.63, 3.8) is 0 Å². The molecule has 0 radical (unpaired) electrons. The van der Waals surface area contributed by atoms with Crippen molar-refractivity contribution in [3.05, 3.63) is 59.7 Å². The lowest BCUT2D eigenvalue weighted by Crippen LogP contribution is -2.06. The maximum absolute atomic E-state index is 11.1. The number of amides is 1. The van der Waals surface area contributed by atoms with Crippen molar-refractivity contribution in [2.24, 2.45) is 0 Å². The maximum atomic E-state index is 11.1. The minimum Gasteiger partial charge on any atom is -0.489 e. The van der Waals surface area contributed by atoms with Gasteiger partial charge in [-0.25, -0.2) is 4.79 Å². The summed E-state index contributed by atoms with van der Waals surface area (Å²) in [6, 6.07) is 13.6. The zero-order valence-electron chi connectivity index (χ0n) is 11.5. The van der Waals surface area contributed by atoms with Gasteiger partial charge in [-0.05, 0) is 30.3 Å². The van der Waals surface area contributed by atoms with Gasteiger partial charge < -0.3 is 15.2 Å². The molecule has 5 nitrogen and oxygen atoms in total. The Morgan fingerprint density at radius 3 is 2.38 bits per heavy atom. The van der Waals surface area contributed by atoms with Gasteiger partial charge in [0.15, 0.2) is 0 Å². The van der Waals surface area contributed by atoms with Crippen LogP contribution in [0, 0.1) is 0 Å². The molecule has 0 unspecified atom stereocenters. The van der Waals surface area contributed by atoms with Gasteiger partial charge in [-0.3, -0.25) is 4.79 Å². The van der Waals surface area contributed by atoms with E-state index in [4.69, 9.17) is 9.84 Å². The molecule has 0 fully saturated rings. The second kappa shape index (κ2) is 6.56. The lowest BCUT2D eigenvalue weighted by molar-refractivity contribution is -0.114. The van der Waals surface area contributed by atoms with Crippen LogP contribution in [0.25, 0.3) is 0 Å². The van der Waals surface area contributed by atoms with Crippen molar-refractivity contribution in [1.29, 1.82) is 0 Å². The molecule has 0 heterocycles. The highest BCUT2D eigenvalue weighted by molar-refractivity contribution is 5.89. The Bertz CT molecular complexity index is 650. The van der Waals surface area contributed by atoms with Crippen LogP contribution < -0.4 is 10.1 Å². The second-order valence-corrected chi connectivity index (χ2v) is 4.46. The third-order valence-electron chi connectivity index (χ3n) is 2.82. The first-order valence-electron chi connectivity index (χ1n) is 6.38. The number of anilines is 1. The van der Waals surface area contributed by atoms with Gasteiger partial charge in [-0.1, -0.05) is 18.2 Å². The summed E-state index contributed by atoms with van der Waals surface area (Å²) in [5.74, 6) is -0.515. The molecule has 0 spiro atoms. The Hall–Kier alpha value is -2.82. The average molecular weight is 285 g/mol. The van der Waals surface area contributed by atoms with Crippen LogP contribution in [-0.2, 0) is 11.4 Å². The molecule has 2 aromatic rings. The van der Waals surface area contributed by atoms with Crippen molar-refractivity contribution in [2.45, 2.75) is 13.5 Å². The molecule has 0 aliphatic carbocycles. The van der Waals surface area contributed by atoms with Crippen LogP contribution in [0.4, 0.5) is 5.69 Å². The minimum absolute atomic E-state index is 0.140. The number of hydrogen-bond acceptors (Lipinski definition) is 3. The van der Waals surface area contributed by atoms with E-state index in [2.05, 4.69) is 5.32 Å². The number of carbonyl (C=O) groups is 2. The van der Waals surface area contributed by atoms with Crippen LogP contribution in [0.5, 0.6) is 5.75 Å². The molecule has 0 aliphatic rings. The molecular formula is C16H15NO4. The Kier molecular flexibility index (Phi) is 4.56. The Morgan fingerprint density at radius 2 is 1.76 bits per heavy atom. The lowest BCUT2D eigenvalue weighted by Gasteiger charge is -2.09. The fourth-order valence-corrected chi connectivity index (χ4v) is 1.85. The van der Waals surface area contributed by atoms with E-state index >= 15 is 0 Å². The lowest BCUT2D eigenvalue weighted by atomic mass is 10.1. The summed E-state index contributed by atoms with van der Waals surface area (Å²) in [7, 11) is 0. The minimum atomic E-state index is -0.977. The smallest absolute Gasteiger partial charge is 0.336 e. The molecule has 0 aliphatic heterocycles. The van der Waals surface area contributed by atoms with Gasteiger partial charge in [0, 0.05) is 18.2 Å². The summed E-state index contributed by atoms with van der Waals surface area (Å²) in [6.07, 6.45) is 0. The molecule has 5 heteroatoms. The number of carbonyl (C=O) groups excluding carboxylic acids is 1. The first-order valence-corrected chi connectivity index (χ1v) is 6.38. The van der Waals surface area contributed by atoms with Crippen LogP contribution in [0.15, 0.2) is 48.5 Å². The fraction of sp³-hybridized carbons (Fsp3) is 0.125. The molecule has 1 amide bonds. The van der Waals surface area contributed by atoms with Gasteiger partial charge in [0.1, 0.15) is 12.4 Å². The highest BCUT2D eigenvalue weighted by Gasteiger charge is 2.09. The summed E-state index contributed by atoms with van der Waals surface area (Å²) >= 11 is 0. The van der Waals surface area contributed by atoms with E-state index in [9.17, 15) is 9.59 Å². The standard InChI is InChI=1S/C16H15NO4/c1-11(18)17-13-6-8-14(9-7-13)21-10-12-4-2-3-5-15(12)16(19)20/h2-9H,10H2,1H3,(H,17,18)(H,19,20). The summed E-state index contributed by atoms with van der Waals surface area (Å²) < 4.78 is 5.57. The SMILES string of the molecule is CC(=O)Nc1ccc(OCc2ccccc2C(=O)O)cc1. The largest absolute Gasteiger partial charge is 0.489 e. The van der Waals surface area contributed by atoms with Gasteiger partial charge in [0.05, 0.1) is 5.56 Å². The van der Waals surface area contributed by atoms with Crippen LogP contribution in [0.2, 0.25) is 0 Å². The highest BCUT2D eigenvalue weighted by atomic mass is 16.5. The molecule has 0 atom stereocenters. The van der Waals surface area contributed by atoms with Gasteiger partial charge in [0.2, 0.25) is 5.91 Å². The maximum Gasteiger partial charge on any atom is 0.336 e. The van der Waals surface area contributed by atoms with Crippen LogP contribution in [0.3, 0.4) is 0 Å². The summed E-state index contributed by atoms with van der Waals surface area (Å²) in [5, 5.41) is 11.7. The Labute approximate surface area is 122 Å². The van der Waals surface area contributed by atoms with E-state index in [1.54, 1.807) is 48.5 Å². The molecule has 2 N–H and O–H groups in total. The van der Waals surface area contributed by atoms with Crippen LogP contribution in [0.1, 0.15) is 22.8 Å². The van der Waals surface area contributed by atoms with Gasteiger partial charge in [-0.2, -0.15) is 0 Å². The molecule has 21 heavy (non-hydrogen) atoms. The highest BCUT2D eigenvalue weighted by Crippen LogP contribution is 2.18. The molecule has 2 aromatic carbocycles. The number of aromatic carboxylic acids is 1. The fourth-order valence-electron chi connectivity index (χ4n) is 1.85. The number of rotatable bonds is 5. The van der Waals surface area contributed by atoms with Crippen molar-refractivity contribution in [2.75, 3.05) is 5.32 Å². The Morgan fingerprint density at radius 1 is 1.10 bits per heavy atom. The average Bonchev–Trinajstić information content (AvgIpc) is 2.46. The van der Waals surface area contributed by atoms with Crippen molar-refractivity contribution < 1.29 is 19.4 Å². The quantitative estimate of drug-likeness (QED) is 0.885. The predicted octanol–water partition coefficient (Wildman–Crippen LogP) is 2.92. The van der Waals surface area contributed by atoms with Gasteiger partial charge in [0.25, 0.3) is 0 Å².